The van der Waals surface area contributed by atoms with Gasteiger partial charge in [0.05, 0.1) is 0 Å². The van der Waals surface area contributed by atoms with Crippen LogP contribution in [0.1, 0.15) is 0 Å². The summed E-state index contributed by atoms with van der Waals surface area (Å²) in [5, 5.41) is 5.30. The van der Waals surface area contributed by atoms with Crippen molar-refractivity contribution >= 4 is 93.9 Å². The molecule has 0 radical (unpaired) electrons. The first-order valence-corrected chi connectivity index (χ1v) is 27.4. The summed E-state index contributed by atoms with van der Waals surface area (Å²) in [7, 11) is 0. The monoisotopic (exact) mass is 898 g/mol. The van der Waals surface area contributed by atoms with Crippen molar-refractivity contribution in [3.8, 4) is 44.5 Å². The van der Waals surface area contributed by atoms with Crippen molar-refractivity contribution < 1.29 is 0 Å². The number of thiophene rings is 2. The van der Waals surface area contributed by atoms with Crippen molar-refractivity contribution in [2.45, 2.75) is 0 Å². The fourth-order valence-electron chi connectivity index (χ4n) is 9.87. The molecule has 0 aliphatic carbocycles. The Bertz CT molecular complexity index is 3360. The first kappa shape index (κ1) is 37.9. The van der Waals surface area contributed by atoms with Gasteiger partial charge in [0, 0.05) is 0 Å². The summed E-state index contributed by atoms with van der Waals surface area (Å²) in [6.07, 6.45) is 0. The van der Waals surface area contributed by atoms with Crippen LogP contribution in [0.25, 0.3) is 84.9 Å². The van der Waals surface area contributed by atoms with Crippen LogP contribution in [0.4, 0.5) is 0 Å². The van der Waals surface area contributed by atoms with Crippen LogP contribution in [0.3, 0.4) is 0 Å². The Balaban J connectivity index is 1.10. The van der Waals surface area contributed by atoms with Gasteiger partial charge in [0.15, 0.2) is 0 Å². The number of fused-ring (bicyclic) bond motifs is 6. The van der Waals surface area contributed by atoms with Crippen LogP contribution in [0.2, 0.25) is 0 Å². The summed E-state index contributed by atoms with van der Waals surface area (Å²) < 4.78 is 10.9. The van der Waals surface area contributed by atoms with Gasteiger partial charge in [0.2, 0.25) is 0 Å². The Morgan fingerprint density at radius 2 is 0.603 bits per heavy atom. The summed E-state index contributed by atoms with van der Waals surface area (Å²) in [6, 6.07) is 91.3. The molecule has 296 valence electrons. The number of benzene rings is 10. The third kappa shape index (κ3) is 6.48. The zero-order valence-corrected chi connectivity index (χ0v) is 38.1. The topological polar surface area (TPSA) is 0 Å². The van der Waals surface area contributed by atoms with Crippen LogP contribution in [0.5, 0.6) is 0 Å². The molecule has 12 aromatic rings. The van der Waals surface area contributed by atoms with Crippen molar-refractivity contribution in [2.75, 3.05) is 0 Å². The average molecular weight is 898 g/mol. The molecule has 0 aliphatic heterocycles. The standard InChI is InChI=1S/C60H40GeS2/c1-3-15-41(16-4-1)45-19-11-21-49(39-45)61(50-22-12-20-46(40-50)42-17-5-2-6-18-42,47-35-31-43(32-36-47)51-25-13-27-55-53-23-7-9-29-57(53)62-59(51)55)48-37-33-44(34-38-48)52-26-14-28-56-54-24-8-10-30-58(54)63-60(52)56/h1-40H. The molecule has 0 unspecified atom stereocenters. The minimum atomic E-state index is -3.85. The van der Waals surface area contributed by atoms with E-state index in [-0.39, 0.29) is 0 Å². The normalized spacial score (nSPS) is 11.8. The van der Waals surface area contributed by atoms with E-state index < -0.39 is 13.3 Å². The zero-order chi connectivity index (χ0) is 41.7. The van der Waals surface area contributed by atoms with Gasteiger partial charge >= 0.3 is 381 Å². The van der Waals surface area contributed by atoms with Gasteiger partial charge in [0.25, 0.3) is 0 Å². The van der Waals surface area contributed by atoms with E-state index in [1.165, 1.54) is 102 Å². The summed E-state index contributed by atoms with van der Waals surface area (Å²) in [5.74, 6) is 0. The van der Waals surface area contributed by atoms with E-state index in [1.807, 2.05) is 22.7 Å². The summed E-state index contributed by atoms with van der Waals surface area (Å²) in [5.41, 5.74) is 10.0. The molecule has 12 rings (SSSR count). The van der Waals surface area contributed by atoms with Crippen LogP contribution in [-0.4, -0.2) is 13.3 Å². The fraction of sp³-hybridized carbons (Fsp3) is 0. The average Bonchev–Trinajstić information content (AvgIpc) is 3.95. The van der Waals surface area contributed by atoms with E-state index in [0.717, 1.165) is 0 Å². The molecule has 2 aromatic heterocycles. The molecule has 3 heteroatoms. The fourth-order valence-corrected chi connectivity index (χ4v) is 22.4. The van der Waals surface area contributed by atoms with Gasteiger partial charge in [-0.2, -0.15) is 0 Å². The van der Waals surface area contributed by atoms with Crippen molar-refractivity contribution in [2.24, 2.45) is 0 Å². The summed E-state index contributed by atoms with van der Waals surface area (Å²) in [6.45, 7) is 0. The maximum atomic E-state index is 2.50. The van der Waals surface area contributed by atoms with Crippen molar-refractivity contribution in [1.82, 2.24) is 0 Å². The van der Waals surface area contributed by atoms with Crippen LogP contribution in [0, 0.1) is 0 Å². The van der Waals surface area contributed by atoms with E-state index >= 15 is 0 Å². The Kier molecular flexibility index (Phi) is 9.52. The Morgan fingerprint density at radius 3 is 1.05 bits per heavy atom. The predicted molar refractivity (Wildman–Crippen MR) is 278 cm³/mol. The van der Waals surface area contributed by atoms with Gasteiger partial charge in [0.1, 0.15) is 0 Å². The predicted octanol–water partition coefficient (Wildman–Crippen LogP) is 14.5. The number of hydrogen-bond donors (Lipinski definition) is 0. The third-order valence-electron chi connectivity index (χ3n) is 12.9. The molecule has 0 spiro atoms. The van der Waals surface area contributed by atoms with Gasteiger partial charge in [-0.3, -0.25) is 0 Å². The Hall–Kier alpha value is -6.82. The van der Waals surface area contributed by atoms with Crippen LogP contribution >= 0.6 is 22.7 Å². The van der Waals surface area contributed by atoms with Gasteiger partial charge in [-0.1, -0.05) is 0 Å². The number of rotatable bonds is 8. The Morgan fingerprint density at radius 1 is 0.238 bits per heavy atom. The molecule has 0 bridgehead atoms. The molecule has 0 saturated heterocycles. The van der Waals surface area contributed by atoms with Crippen LogP contribution in [-0.2, 0) is 0 Å². The molecule has 0 aliphatic rings. The molecule has 63 heavy (non-hydrogen) atoms. The molecular weight excluding hydrogens is 857 g/mol. The Labute approximate surface area is 378 Å². The minimum absolute atomic E-state index is 1.23. The first-order chi connectivity index (χ1) is 31.2. The van der Waals surface area contributed by atoms with Gasteiger partial charge in [-0.05, 0) is 0 Å². The van der Waals surface area contributed by atoms with Gasteiger partial charge in [-0.15, -0.1) is 0 Å². The van der Waals surface area contributed by atoms with Gasteiger partial charge in [-0.25, -0.2) is 0 Å². The quantitative estimate of drug-likeness (QED) is 0.133. The molecule has 10 aromatic carbocycles. The second kappa shape index (κ2) is 15.8. The van der Waals surface area contributed by atoms with Crippen LogP contribution < -0.4 is 17.6 Å². The molecule has 2 heterocycles. The molecule has 0 N–H and O–H groups in total. The SMILES string of the molecule is c1ccc(-c2ccc[c]([Ge]([c]3ccc(-c4cccc5c4sc4ccccc45)cc3)([c]3ccc(-c4cccc5c4sc4ccccc45)cc3)[c]3cccc(-c4ccccc4)c3)c2)cc1. The van der Waals surface area contributed by atoms with E-state index in [0.29, 0.717) is 0 Å². The van der Waals surface area contributed by atoms with Crippen LogP contribution in [0.15, 0.2) is 243 Å². The van der Waals surface area contributed by atoms with E-state index in [2.05, 4.69) is 243 Å². The van der Waals surface area contributed by atoms with Crippen molar-refractivity contribution in [3.63, 3.8) is 0 Å². The van der Waals surface area contributed by atoms with Gasteiger partial charge < -0.3 is 0 Å². The first-order valence-electron chi connectivity index (χ1n) is 21.6. The third-order valence-corrected chi connectivity index (χ3v) is 25.3. The maximum absolute atomic E-state index is 3.85. The molecule has 0 fully saturated rings. The second-order valence-electron chi connectivity index (χ2n) is 16.4. The molecule has 0 nitrogen and oxygen atoms in total. The molecule has 0 saturated carbocycles. The molecule has 0 amide bonds. The van der Waals surface area contributed by atoms with E-state index in [1.54, 1.807) is 0 Å². The van der Waals surface area contributed by atoms with E-state index in [9.17, 15) is 0 Å². The van der Waals surface area contributed by atoms with Crippen molar-refractivity contribution in [3.05, 3.63) is 243 Å². The zero-order valence-electron chi connectivity index (χ0n) is 34.4. The van der Waals surface area contributed by atoms with Crippen molar-refractivity contribution in [1.29, 1.82) is 0 Å². The second-order valence-corrected chi connectivity index (χ2v) is 26.5. The molecule has 0 atom stereocenters. The number of hydrogen-bond acceptors (Lipinski definition) is 2. The summed E-state index contributed by atoms with van der Waals surface area (Å²) >= 11 is -0.0620. The van der Waals surface area contributed by atoms with E-state index in [4.69, 9.17) is 0 Å². The summed E-state index contributed by atoms with van der Waals surface area (Å²) in [4.78, 5) is 0. The molecular formula is C60H40GeS2.